The highest BCUT2D eigenvalue weighted by Crippen LogP contribution is 2.09. The molecule has 0 radical (unpaired) electrons. The SMILES string of the molecule is Cc1ccc(CS(=O)(=O)NCc2ccsc2)cc1. The van der Waals surface area contributed by atoms with E-state index in [0.717, 1.165) is 16.7 Å². The lowest BCUT2D eigenvalue weighted by molar-refractivity contribution is 0.580. The molecule has 0 aliphatic carbocycles. The maximum atomic E-state index is 11.9. The first-order valence-corrected chi connectivity index (χ1v) is 8.19. The number of sulfonamides is 1. The Morgan fingerprint density at radius 1 is 1.11 bits per heavy atom. The van der Waals surface area contributed by atoms with Gasteiger partial charge >= 0.3 is 0 Å². The average molecular weight is 281 g/mol. The van der Waals surface area contributed by atoms with E-state index >= 15 is 0 Å². The fraction of sp³-hybridized carbons (Fsp3) is 0.231. The third-order valence-corrected chi connectivity index (χ3v) is 4.58. The fourth-order valence-electron chi connectivity index (χ4n) is 1.54. The first-order valence-electron chi connectivity index (χ1n) is 5.59. The van der Waals surface area contributed by atoms with Crippen LogP contribution >= 0.6 is 11.3 Å². The Labute approximate surface area is 112 Å². The second-order valence-electron chi connectivity index (χ2n) is 4.20. The topological polar surface area (TPSA) is 46.2 Å². The molecule has 0 aliphatic rings. The monoisotopic (exact) mass is 281 g/mol. The molecule has 96 valence electrons. The molecule has 2 rings (SSSR count). The van der Waals surface area contributed by atoms with Crippen molar-refractivity contribution in [3.05, 3.63) is 57.8 Å². The van der Waals surface area contributed by atoms with E-state index in [9.17, 15) is 8.42 Å². The van der Waals surface area contributed by atoms with Crippen molar-refractivity contribution in [3.63, 3.8) is 0 Å². The maximum Gasteiger partial charge on any atom is 0.216 e. The van der Waals surface area contributed by atoms with Crippen LogP contribution in [0.1, 0.15) is 16.7 Å². The van der Waals surface area contributed by atoms with E-state index in [1.165, 1.54) is 0 Å². The van der Waals surface area contributed by atoms with Crippen molar-refractivity contribution in [3.8, 4) is 0 Å². The molecule has 1 heterocycles. The molecule has 0 saturated heterocycles. The predicted octanol–water partition coefficient (Wildman–Crippen LogP) is 2.68. The Balaban J connectivity index is 1.97. The minimum absolute atomic E-state index is 0.0252. The normalized spacial score (nSPS) is 11.6. The molecule has 0 spiro atoms. The van der Waals surface area contributed by atoms with Gasteiger partial charge in [-0.1, -0.05) is 29.8 Å². The highest BCUT2D eigenvalue weighted by atomic mass is 32.2. The molecule has 1 aromatic carbocycles. The number of benzene rings is 1. The number of nitrogens with one attached hydrogen (secondary N) is 1. The summed E-state index contributed by atoms with van der Waals surface area (Å²) in [6.07, 6.45) is 0. The number of hydrogen-bond donors (Lipinski definition) is 1. The molecule has 0 fully saturated rings. The lowest BCUT2D eigenvalue weighted by Gasteiger charge is -2.06. The largest absolute Gasteiger partial charge is 0.216 e. The zero-order valence-electron chi connectivity index (χ0n) is 10.1. The van der Waals surface area contributed by atoms with E-state index in [4.69, 9.17) is 0 Å². The minimum atomic E-state index is -3.27. The van der Waals surface area contributed by atoms with E-state index in [2.05, 4.69) is 4.72 Å². The zero-order chi connectivity index (χ0) is 13.0. The van der Waals surface area contributed by atoms with Crippen molar-refractivity contribution in [2.75, 3.05) is 0 Å². The van der Waals surface area contributed by atoms with Gasteiger partial charge in [0.25, 0.3) is 0 Å². The summed E-state index contributed by atoms with van der Waals surface area (Å²) in [6, 6.07) is 9.45. The van der Waals surface area contributed by atoms with Crippen LogP contribution in [0.2, 0.25) is 0 Å². The molecule has 1 N–H and O–H groups in total. The second kappa shape index (κ2) is 5.65. The zero-order valence-corrected chi connectivity index (χ0v) is 11.7. The number of thiophene rings is 1. The van der Waals surface area contributed by atoms with Crippen LogP contribution in [0, 0.1) is 6.92 Å². The first-order chi connectivity index (χ1) is 8.55. The van der Waals surface area contributed by atoms with E-state index in [0.29, 0.717) is 6.54 Å². The third-order valence-electron chi connectivity index (χ3n) is 2.55. The van der Waals surface area contributed by atoms with Gasteiger partial charge in [0.1, 0.15) is 0 Å². The summed E-state index contributed by atoms with van der Waals surface area (Å²) in [4.78, 5) is 0. The molecule has 3 nitrogen and oxygen atoms in total. The van der Waals surface area contributed by atoms with Gasteiger partial charge < -0.3 is 0 Å². The number of aryl methyl sites for hydroxylation is 1. The number of hydrogen-bond acceptors (Lipinski definition) is 3. The lowest BCUT2D eigenvalue weighted by Crippen LogP contribution is -2.24. The van der Waals surface area contributed by atoms with Crippen molar-refractivity contribution >= 4 is 21.4 Å². The van der Waals surface area contributed by atoms with E-state index < -0.39 is 10.0 Å². The van der Waals surface area contributed by atoms with Gasteiger partial charge in [0.05, 0.1) is 5.75 Å². The van der Waals surface area contributed by atoms with Gasteiger partial charge in [-0.3, -0.25) is 0 Å². The summed E-state index contributed by atoms with van der Waals surface area (Å²) in [5.74, 6) is 0.0252. The van der Waals surface area contributed by atoms with Crippen LogP contribution in [0.5, 0.6) is 0 Å². The van der Waals surface area contributed by atoms with E-state index in [1.807, 2.05) is 48.0 Å². The van der Waals surface area contributed by atoms with Crippen LogP contribution < -0.4 is 4.72 Å². The lowest BCUT2D eigenvalue weighted by atomic mass is 10.2. The molecular weight excluding hydrogens is 266 g/mol. The van der Waals surface area contributed by atoms with Crippen molar-refractivity contribution in [2.45, 2.75) is 19.2 Å². The van der Waals surface area contributed by atoms with Crippen LogP contribution in [-0.2, 0) is 22.3 Å². The molecule has 0 aliphatic heterocycles. The van der Waals surface area contributed by atoms with Crippen molar-refractivity contribution < 1.29 is 8.42 Å². The molecule has 0 bridgehead atoms. The van der Waals surface area contributed by atoms with Gasteiger partial charge in [0, 0.05) is 6.54 Å². The maximum absolute atomic E-state index is 11.9. The molecule has 0 atom stereocenters. The summed E-state index contributed by atoms with van der Waals surface area (Å²) in [5, 5.41) is 3.87. The summed E-state index contributed by atoms with van der Waals surface area (Å²) < 4.78 is 26.3. The summed E-state index contributed by atoms with van der Waals surface area (Å²) in [6.45, 7) is 2.34. The first kappa shape index (κ1) is 13.3. The van der Waals surface area contributed by atoms with Gasteiger partial charge in [0.2, 0.25) is 10.0 Å². The van der Waals surface area contributed by atoms with Gasteiger partial charge in [0.15, 0.2) is 0 Å². The Morgan fingerprint density at radius 3 is 2.44 bits per heavy atom. The molecular formula is C13H15NO2S2. The standard InChI is InChI=1S/C13H15NO2S2/c1-11-2-4-12(5-3-11)10-18(15,16)14-8-13-6-7-17-9-13/h2-7,9,14H,8,10H2,1H3. The van der Waals surface area contributed by atoms with E-state index in [-0.39, 0.29) is 5.75 Å². The molecule has 0 amide bonds. The highest BCUT2D eigenvalue weighted by Gasteiger charge is 2.11. The molecule has 5 heteroatoms. The minimum Gasteiger partial charge on any atom is -0.212 e. The molecule has 2 aromatic rings. The van der Waals surface area contributed by atoms with Crippen LogP contribution in [-0.4, -0.2) is 8.42 Å². The van der Waals surface area contributed by atoms with Gasteiger partial charge in [-0.15, -0.1) is 0 Å². The van der Waals surface area contributed by atoms with Crippen LogP contribution in [0.3, 0.4) is 0 Å². The van der Waals surface area contributed by atoms with Gasteiger partial charge in [-0.2, -0.15) is 11.3 Å². The van der Waals surface area contributed by atoms with Crippen LogP contribution in [0.4, 0.5) is 0 Å². The smallest absolute Gasteiger partial charge is 0.212 e. The summed E-state index contributed by atoms with van der Waals surface area (Å²) in [5.41, 5.74) is 2.92. The molecule has 0 unspecified atom stereocenters. The quantitative estimate of drug-likeness (QED) is 0.916. The highest BCUT2D eigenvalue weighted by molar-refractivity contribution is 7.88. The van der Waals surface area contributed by atoms with Crippen LogP contribution in [0.25, 0.3) is 0 Å². The fourth-order valence-corrected chi connectivity index (χ4v) is 3.33. The molecule has 1 aromatic heterocycles. The Morgan fingerprint density at radius 2 is 1.83 bits per heavy atom. The summed E-state index contributed by atoms with van der Waals surface area (Å²) in [7, 11) is -3.27. The van der Waals surface area contributed by atoms with Gasteiger partial charge in [-0.05, 0) is 34.9 Å². The van der Waals surface area contributed by atoms with Crippen molar-refractivity contribution in [1.29, 1.82) is 0 Å². The van der Waals surface area contributed by atoms with Crippen molar-refractivity contribution in [2.24, 2.45) is 0 Å². The third kappa shape index (κ3) is 3.94. The van der Waals surface area contributed by atoms with Crippen molar-refractivity contribution in [1.82, 2.24) is 4.72 Å². The molecule has 0 saturated carbocycles. The second-order valence-corrected chi connectivity index (χ2v) is 6.78. The number of rotatable bonds is 5. The Bertz CT molecular complexity index is 586. The van der Waals surface area contributed by atoms with Gasteiger partial charge in [-0.25, -0.2) is 13.1 Å². The predicted molar refractivity (Wildman–Crippen MR) is 75.0 cm³/mol. The summed E-state index contributed by atoms with van der Waals surface area (Å²) >= 11 is 1.56. The van der Waals surface area contributed by atoms with Crippen LogP contribution in [0.15, 0.2) is 41.1 Å². The average Bonchev–Trinajstić information content (AvgIpc) is 2.83. The Kier molecular flexibility index (Phi) is 4.16. The van der Waals surface area contributed by atoms with E-state index in [1.54, 1.807) is 11.3 Å². The Hall–Kier alpha value is -1.17. The molecule has 18 heavy (non-hydrogen) atoms.